The van der Waals surface area contributed by atoms with E-state index in [9.17, 15) is 9.18 Å². The summed E-state index contributed by atoms with van der Waals surface area (Å²) in [5.74, 6) is 0.221. The molecule has 0 bridgehead atoms. The molecule has 0 saturated heterocycles. The van der Waals surface area contributed by atoms with Gasteiger partial charge in [-0.1, -0.05) is 18.2 Å². The van der Waals surface area contributed by atoms with Crippen LogP contribution in [0.1, 0.15) is 25.0 Å². The van der Waals surface area contributed by atoms with Gasteiger partial charge in [0.15, 0.2) is 0 Å². The molecule has 2 heterocycles. The van der Waals surface area contributed by atoms with E-state index in [0.29, 0.717) is 17.9 Å². The lowest BCUT2D eigenvalue weighted by molar-refractivity contribution is -0.122. The summed E-state index contributed by atoms with van der Waals surface area (Å²) < 4.78 is 19.7. The van der Waals surface area contributed by atoms with E-state index in [1.165, 1.54) is 12.1 Å². The summed E-state index contributed by atoms with van der Waals surface area (Å²) in [6.07, 6.45) is 0. The number of hydrogen-bond donors (Lipinski definition) is 1. The summed E-state index contributed by atoms with van der Waals surface area (Å²) in [4.78, 5) is 13.5. The van der Waals surface area contributed by atoms with Crippen molar-refractivity contribution in [1.82, 2.24) is 0 Å². The van der Waals surface area contributed by atoms with Crippen molar-refractivity contribution in [2.24, 2.45) is 0 Å². The topological polar surface area (TPSA) is 44.8 Å². The van der Waals surface area contributed by atoms with Crippen molar-refractivity contribution in [2.45, 2.75) is 32.9 Å². The molecule has 5 rings (SSSR count). The number of methoxy groups -OCH3 is 1. The van der Waals surface area contributed by atoms with Crippen molar-refractivity contribution in [3.05, 3.63) is 71.5 Å². The van der Waals surface area contributed by atoms with Gasteiger partial charge in [-0.2, -0.15) is 0 Å². The molecule has 6 heteroatoms. The quantitative estimate of drug-likeness (QED) is 0.630. The van der Waals surface area contributed by atoms with Crippen molar-refractivity contribution in [2.75, 3.05) is 22.4 Å². The van der Waals surface area contributed by atoms with Gasteiger partial charge in [-0.15, -0.1) is 0 Å². The highest BCUT2D eigenvalue weighted by atomic mass is 19.1. The molecule has 0 unspecified atom stereocenters. The van der Waals surface area contributed by atoms with Crippen LogP contribution in [0.2, 0.25) is 0 Å². The first kappa shape index (κ1) is 19.4. The summed E-state index contributed by atoms with van der Waals surface area (Å²) in [7, 11) is 1.58. The van der Waals surface area contributed by atoms with E-state index in [2.05, 4.69) is 11.4 Å². The van der Waals surface area contributed by atoms with Crippen molar-refractivity contribution in [1.29, 1.82) is 0 Å². The number of nitrogens with one attached hydrogen (secondary N) is 1. The highest BCUT2D eigenvalue weighted by molar-refractivity contribution is 6.12. The average Bonchev–Trinajstić information content (AvgIpc) is 3.13. The minimum atomic E-state index is -0.755. The number of hydrazine groups is 1. The van der Waals surface area contributed by atoms with E-state index in [-0.39, 0.29) is 11.7 Å². The Morgan fingerprint density at radius 2 is 1.87 bits per heavy atom. The van der Waals surface area contributed by atoms with Crippen LogP contribution in [0.4, 0.5) is 21.5 Å². The van der Waals surface area contributed by atoms with Crippen LogP contribution in [0.25, 0.3) is 11.1 Å². The molecule has 3 aromatic carbocycles. The fourth-order valence-electron chi connectivity index (χ4n) is 4.48. The molecule has 158 valence electrons. The minimum Gasteiger partial charge on any atom is -0.496 e. The summed E-state index contributed by atoms with van der Waals surface area (Å²) in [6, 6.07) is 16.5. The number of halogens is 1. The van der Waals surface area contributed by atoms with Crippen LogP contribution >= 0.6 is 0 Å². The molecule has 3 aromatic rings. The summed E-state index contributed by atoms with van der Waals surface area (Å²) in [5, 5.41) is 7.15. The zero-order valence-electron chi connectivity index (χ0n) is 18.0. The first-order valence-electron chi connectivity index (χ1n) is 10.3. The van der Waals surface area contributed by atoms with Crippen molar-refractivity contribution < 1.29 is 13.9 Å². The fourth-order valence-corrected chi connectivity index (χ4v) is 4.48. The Morgan fingerprint density at radius 1 is 1.06 bits per heavy atom. The van der Waals surface area contributed by atoms with Gasteiger partial charge in [0, 0.05) is 11.1 Å². The van der Waals surface area contributed by atoms with Gasteiger partial charge in [-0.05, 0) is 68.3 Å². The zero-order chi connectivity index (χ0) is 21.9. The van der Waals surface area contributed by atoms with Gasteiger partial charge in [0.05, 0.1) is 30.7 Å². The number of rotatable bonds is 3. The Balaban J connectivity index is 1.75. The maximum Gasteiger partial charge on any atom is 0.270 e. The largest absolute Gasteiger partial charge is 0.496 e. The molecular weight excluding hydrogens is 393 g/mol. The number of carbonyl (C=O) groups is 1. The van der Waals surface area contributed by atoms with Gasteiger partial charge in [0.1, 0.15) is 17.1 Å². The monoisotopic (exact) mass is 417 g/mol. The molecule has 1 N–H and O–H groups in total. The molecule has 0 aliphatic carbocycles. The van der Waals surface area contributed by atoms with E-state index in [1.807, 2.05) is 56.1 Å². The third-order valence-electron chi connectivity index (χ3n) is 5.97. The zero-order valence-corrected chi connectivity index (χ0v) is 18.0. The second-order valence-corrected chi connectivity index (χ2v) is 8.60. The number of amides is 1. The molecule has 5 nitrogen and oxygen atoms in total. The van der Waals surface area contributed by atoms with Crippen molar-refractivity contribution in [3.8, 4) is 16.9 Å². The third kappa shape index (κ3) is 2.93. The van der Waals surface area contributed by atoms with E-state index >= 15 is 0 Å². The predicted octanol–water partition coefficient (Wildman–Crippen LogP) is 5.28. The number of hydrogen-bond acceptors (Lipinski definition) is 4. The molecule has 0 radical (unpaired) electrons. The molecule has 2 aliphatic rings. The standard InChI is InChI=1S/C25H24FN3O2/c1-15-6-5-7-17(12-15)28-14-20-18(19-13-16(26)8-11-22(19)31-4)9-10-21-23(20)29(28)24(30)25(2,3)27-21/h5-13,27H,14H2,1-4H3. The molecule has 2 aliphatic heterocycles. The van der Waals surface area contributed by atoms with Gasteiger partial charge in [0.2, 0.25) is 0 Å². The molecular formula is C25H24FN3O2. The number of ether oxygens (including phenoxy) is 1. The Morgan fingerprint density at radius 3 is 2.61 bits per heavy atom. The predicted molar refractivity (Wildman–Crippen MR) is 121 cm³/mol. The fraction of sp³-hybridized carbons (Fsp3) is 0.240. The van der Waals surface area contributed by atoms with Crippen LogP contribution < -0.4 is 20.1 Å². The molecule has 0 aromatic heterocycles. The van der Waals surface area contributed by atoms with E-state index in [0.717, 1.165) is 33.8 Å². The number of nitrogens with zero attached hydrogens (tertiary/aromatic N) is 2. The van der Waals surface area contributed by atoms with Crippen molar-refractivity contribution >= 4 is 23.0 Å². The lowest BCUT2D eigenvalue weighted by Crippen LogP contribution is -2.57. The van der Waals surface area contributed by atoms with Crippen LogP contribution in [-0.4, -0.2) is 18.6 Å². The average molecular weight is 417 g/mol. The van der Waals surface area contributed by atoms with Gasteiger partial charge in [0.25, 0.3) is 5.91 Å². The summed E-state index contributed by atoms with van der Waals surface area (Å²) in [5.41, 5.74) is 5.47. The second kappa shape index (κ2) is 6.74. The van der Waals surface area contributed by atoms with E-state index in [1.54, 1.807) is 18.2 Å². The summed E-state index contributed by atoms with van der Waals surface area (Å²) >= 11 is 0. The summed E-state index contributed by atoms with van der Waals surface area (Å²) in [6.45, 7) is 6.29. The number of carbonyl (C=O) groups excluding carboxylic acids is 1. The number of aryl methyl sites for hydroxylation is 1. The lowest BCUT2D eigenvalue weighted by atomic mass is 9.93. The van der Waals surface area contributed by atoms with Crippen molar-refractivity contribution in [3.63, 3.8) is 0 Å². The Labute approximate surface area is 181 Å². The number of benzene rings is 3. The first-order chi connectivity index (χ1) is 14.8. The molecule has 0 spiro atoms. The highest BCUT2D eigenvalue weighted by Crippen LogP contribution is 2.50. The van der Waals surface area contributed by atoms with Crippen LogP contribution in [0.3, 0.4) is 0 Å². The molecule has 0 atom stereocenters. The van der Waals surface area contributed by atoms with Gasteiger partial charge in [-0.25, -0.2) is 9.40 Å². The SMILES string of the molecule is COc1ccc(F)cc1-c1ccc2c3c1CN(c1cccc(C)c1)N3C(=O)C(C)(C)N2. The normalized spacial score (nSPS) is 16.2. The Kier molecular flexibility index (Phi) is 4.22. The van der Waals surface area contributed by atoms with Gasteiger partial charge < -0.3 is 10.1 Å². The molecule has 0 fully saturated rings. The second-order valence-electron chi connectivity index (χ2n) is 8.60. The Hall–Kier alpha value is -3.54. The number of anilines is 3. The maximum atomic E-state index is 14.2. The molecule has 1 amide bonds. The van der Waals surface area contributed by atoms with Gasteiger partial charge in [-0.3, -0.25) is 9.80 Å². The molecule has 0 saturated carbocycles. The van der Waals surface area contributed by atoms with Crippen LogP contribution in [0.15, 0.2) is 54.6 Å². The van der Waals surface area contributed by atoms with Crippen LogP contribution in [0.5, 0.6) is 5.75 Å². The third-order valence-corrected chi connectivity index (χ3v) is 5.97. The highest BCUT2D eigenvalue weighted by Gasteiger charge is 2.46. The maximum absolute atomic E-state index is 14.2. The Bertz CT molecular complexity index is 1220. The smallest absolute Gasteiger partial charge is 0.270 e. The van der Waals surface area contributed by atoms with Crippen LogP contribution in [-0.2, 0) is 11.3 Å². The van der Waals surface area contributed by atoms with Crippen LogP contribution in [0, 0.1) is 12.7 Å². The van der Waals surface area contributed by atoms with E-state index in [4.69, 9.17) is 4.74 Å². The minimum absolute atomic E-state index is 0.0383. The molecule has 31 heavy (non-hydrogen) atoms. The van der Waals surface area contributed by atoms with Gasteiger partial charge >= 0.3 is 0 Å². The lowest BCUT2D eigenvalue weighted by Gasteiger charge is -2.41. The van der Waals surface area contributed by atoms with E-state index < -0.39 is 5.54 Å². The first-order valence-corrected chi connectivity index (χ1v) is 10.3.